The van der Waals surface area contributed by atoms with E-state index in [1.165, 1.54) is 36.2 Å². The molecule has 2 heterocycles. The minimum atomic E-state index is -0.333. The van der Waals surface area contributed by atoms with Crippen LogP contribution in [0.1, 0.15) is 42.5 Å². The smallest absolute Gasteiger partial charge is 0.326 e. The molecule has 2 aromatic rings. The van der Waals surface area contributed by atoms with Crippen molar-refractivity contribution < 1.29 is 9.53 Å². The van der Waals surface area contributed by atoms with Gasteiger partial charge in [0.15, 0.2) is 0 Å². The number of thiazole rings is 1. The molecule has 0 N–H and O–H groups in total. The van der Waals surface area contributed by atoms with Crippen LogP contribution < -0.4 is 4.87 Å². The molecule has 3 aliphatic rings. The first-order chi connectivity index (χ1) is 13.6. The van der Waals surface area contributed by atoms with Crippen LogP contribution in [-0.2, 0) is 16.1 Å². The van der Waals surface area contributed by atoms with Gasteiger partial charge >= 0.3 is 10.8 Å². The third-order valence-electron chi connectivity index (χ3n) is 6.49. The van der Waals surface area contributed by atoms with Gasteiger partial charge in [0, 0.05) is 20.5 Å². The van der Waals surface area contributed by atoms with E-state index < -0.39 is 0 Å². The summed E-state index contributed by atoms with van der Waals surface area (Å²) in [4.78, 5) is 26.0. The number of carbonyl (C=O) groups excluding carboxylic acids is 1. The third kappa shape index (κ3) is 3.01. The molecule has 7 heteroatoms. The molecule has 0 saturated heterocycles. The van der Waals surface area contributed by atoms with Crippen molar-refractivity contribution in [3.8, 4) is 0 Å². The van der Waals surface area contributed by atoms with Gasteiger partial charge in [-0.3, -0.25) is 14.2 Å². The second-order valence-electron chi connectivity index (χ2n) is 7.95. The number of carbonyl (C=O) groups is 1. The quantitative estimate of drug-likeness (QED) is 0.585. The maximum absolute atomic E-state index is 12.8. The fraction of sp³-hybridized carbons (Fsp3) is 0.524. The molecular formula is C21H22BrNO3S2. The molecule has 0 amide bonds. The molecule has 1 aliphatic heterocycles. The Balaban J connectivity index is 1.62. The average molecular weight is 480 g/mol. The van der Waals surface area contributed by atoms with E-state index in [2.05, 4.69) is 40.2 Å². The lowest BCUT2D eigenvalue weighted by Crippen LogP contribution is -2.34. The fourth-order valence-corrected chi connectivity index (χ4v) is 9.06. The number of esters is 1. The fourth-order valence-electron chi connectivity index (χ4n) is 5.50. The molecule has 2 saturated carbocycles. The first kappa shape index (κ1) is 18.9. The van der Waals surface area contributed by atoms with Crippen LogP contribution in [0.2, 0.25) is 0 Å². The van der Waals surface area contributed by atoms with E-state index >= 15 is 0 Å². The predicted octanol–water partition coefficient (Wildman–Crippen LogP) is 4.89. The molecule has 0 spiro atoms. The number of nitrogens with zero attached hydrogens (tertiary/aromatic N) is 1. The Kier molecular flexibility index (Phi) is 4.96. The number of benzene rings is 1. The van der Waals surface area contributed by atoms with Crippen molar-refractivity contribution in [2.24, 2.45) is 17.8 Å². The van der Waals surface area contributed by atoms with Crippen molar-refractivity contribution in [3.63, 3.8) is 0 Å². The maximum Gasteiger partial charge on any atom is 0.326 e. The summed E-state index contributed by atoms with van der Waals surface area (Å²) in [5.41, 5.74) is 1.28. The van der Waals surface area contributed by atoms with E-state index in [9.17, 15) is 9.59 Å². The zero-order chi connectivity index (χ0) is 19.4. The first-order valence-electron chi connectivity index (χ1n) is 9.88. The van der Waals surface area contributed by atoms with E-state index in [1.54, 1.807) is 11.5 Å². The minimum Gasteiger partial charge on any atom is -0.465 e. The second kappa shape index (κ2) is 7.33. The molecule has 2 fully saturated rings. The number of hydrogen-bond acceptors (Lipinski definition) is 5. The highest BCUT2D eigenvalue weighted by Gasteiger charge is 2.55. The summed E-state index contributed by atoms with van der Waals surface area (Å²) in [5.74, 6) is 1.97. The molecule has 0 radical (unpaired) electrons. The number of ether oxygens (including phenoxy) is 1. The average Bonchev–Trinajstić information content (AvgIpc) is 3.35. The van der Waals surface area contributed by atoms with Crippen molar-refractivity contribution in [1.82, 2.24) is 4.57 Å². The number of hydrogen-bond donors (Lipinski definition) is 0. The van der Waals surface area contributed by atoms with Crippen molar-refractivity contribution >= 4 is 45.0 Å². The van der Waals surface area contributed by atoms with E-state index in [-0.39, 0.29) is 23.3 Å². The molecule has 4 nitrogen and oxygen atoms in total. The highest BCUT2D eigenvalue weighted by atomic mass is 79.9. The molecule has 1 aromatic carbocycles. The van der Waals surface area contributed by atoms with E-state index in [1.807, 2.05) is 11.8 Å². The molecule has 4 unspecified atom stereocenters. The van der Waals surface area contributed by atoms with Crippen LogP contribution in [0, 0.1) is 17.8 Å². The Morgan fingerprint density at radius 1 is 1.32 bits per heavy atom. The number of rotatable bonds is 4. The van der Waals surface area contributed by atoms with Crippen LogP contribution in [0.4, 0.5) is 0 Å². The molecule has 5 atom stereocenters. The zero-order valence-corrected chi connectivity index (χ0v) is 18.8. The molecule has 2 bridgehead atoms. The van der Waals surface area contributed by atoms with Crippen molar-refractivity contribution in [1.29, 1.82) is 0 Å². The summed E-state index contributed by atoms with van der Waals surface area (Å²) >= 11 is 6.80. The Morgan fingerprint density at radius 2 is 2.14 bits per heavy atom. The summed E-state index contributed by atoms with van der Waals surface area (Å²) in [7, 11) is 0. The van der Waals surface area contributed by atoms with Crippen LogP contribution in [0.5, 0.6) is 0 Å². The molecule has 28 heavy (non-hydrogen) atoms. The Hall–Kier alpha value is -1.05. The minimum absolute atomic E-state index is 0.0161. The standard InChI is InChI=1S/C21H22BrNO3S2/c1-2-26-15(24)10-23-20-19(28-21(23)25)17(11-4-3-5-14(22)9-11)16-12-6-7-13(8-12)18(16)27-20/h3-5,9,12-13,16-18H,2,6-8,10H2,1H3/t12?,13?,16?,17-,18?/m1/s1. The van der Waals surface area contributed by atoms with Gasteiger partial charge in [0.05, 0.1) is 11.6 Å². The van der Waals surface area contributed by atoms with Gasteiger partial charge in [-0.15, -0.1) is 11.8 Å². The third-order valence-corrected chi connectivity index (χ3v) is 9.81. The number of aromatic nitrogens is 1. The van der Waals surface area contributed by atoms with Gasteiger partial charge in [-0.2, -0.15) is 0 Å². The molecule has 2 aliphatic carbocycles. The zero-order valence-electron chi connectivity index (χ0n) is 15.6. The lowest BCUT2D eigenvalue weighted by Gasteiger charge is -2.40. The number of thioether (sulfide) groups is 1. The Morgan fingerprint density at radius 3 is 2.93 bits per heavy atom. The van der Waals surface area contributed by atoms with Gasteiger partial charge in [-0.1, -0.05) is 39.4 Å². The van der Waals surface area contributed by atoms with Gasteiger partial charge in [0.2, 0.25) is 0 Å². The van der Waals surface area contributed by atoms with Crippen LogP contribution in [0.25, 0.3) is 0 Å². The first-order valence-corrected chi connectivity index (χ1v) is 12.4. The van der Waals surface area contributed by atoms with Gasteiger partial charge in [-0.25, -0.2) is 0 Å². The summed E-state index contributed by atoms with van der Waals surface area (Å²) in [6, 6.07) is 8.53. The second-order valence-corrected chi connectivity index (χ2v) is 11.0. The van der Waals surface area contributed by atoms with E-state index in [0.717, 1.165) is 26.2 Å². The lowest BCUT2D eigenvalue weighted by molar-refractivity contribution is -0.144. The highest BCUT2D eigenvalue weighted by Crippen LogP contribution is 2.64. The largest absolute Gasteiger partial charge is 0.465 e. The summed E-state index contributed by atoms with van der Waals surface area (Å²) in [5, 5.41) is 1.54. The maximum atomic E-state index is 12.8. The SMILES string of the molecule is CCOC(=O)Cn1c2c(sc1=O)[C@H](c1cccc(Br)c1)C1C3CCC(C3)C1S2. The van der Waals surface area contributed by atoms with Crippen molar-refractivity contribution in [3.05, 3.63) is 48.8 Å². The number of halogens is 1. The van der Waals surface area contributed by atoms with Gasteiger partial charge in [0.1, 0.15) is 6.54 Å². The Bertz CT molecular complexity index is 984. The van der Waals surface area contributed by atoms with E-state index in [0.29, 0.717) is 17.8 Å². The van der Waals surface area contributed by atoms with Gasteiger partial charge in [0.25, 0.3) is 0 Å². The van der Waals surface area contributed by atoms with Crippen LogP contribution in [0.15, 0.2) is 38.6 Å². The highest BCUT2D eigenvalue weighted by molar-refractivity contribution is 9.10. The van der Waals surface area contributed by atoms with E-state index in [4.69, 9.17) is 4.74 Å². The van der Waals surface area contributed by atoms with Gasteiger partial charge in [-0.05, 0) is 61.6 Å². The van der Waals surface area contributed by atoms with Crippen LogP contribution in [0.3, 0.4) is 0 Å². The summed E-state index contributed by atoms with van der Waals surface area (Å²) in [6.07, 6.45) is 3.92. The number of fused-ring (bicyclic) bond motifs is 6. The monoisotopic (exact) mass is 479 g/mol. The Labute approximate surface area is 180 Å². The molecule has 1 aromatic heterocycles. The summed E-state index contributed by atoms with van der Waals surface area (Å²) in [6.45, 7) is 2.14. The predicted molar refractivity (Wildman–Crippen MR) is 115 cm³/mol. The van der Waals surface area contributed by atoms with Crippen LogP contribution in [-0.4, -0.2) is 22.4 Å². The van der Waals surface area contributed by atoms with Crippen molar-refractivity contribution in [2.75, 3.05) is 6.61 Å². The van der Waals surface area contributed by atoms with Crippen LogP contribution >= 0.6 is 39.0 Å². The molecule has 5 rings (SSSR count). The normalized spacial score (nSPS) is 30.1. The molecular weight excluding hydrogens is 458 g/mol. The molecule has 148 valence electrons. The topological polar surface area (TPSA) is 48.3 Å². The van der Waals surface area contributed by atoms with Crippen molar-refractivity contribution in [2.45, 2.75) is 48.9 Å². The van der Waals surface area contributed by atoms with Gasteiger partial charge < -0.3 is 4.74 Å². The lowest BCUT2D eigenvalue weighted by atomic mass is 9.75. The summed E-state index contributed by atoms with van der Waals surface area (Å²) < 4.78 is 7.85.